The minimum Gasteiger partial charge on any atom is -0.497 e. The first-order valence-corrected chi connectivity index (χ1v) is 9.18. The highest BCUT2D eigenvalue weighted by molar-refractivity contribution is 6.29. The average molecular weight is 375 g/mol. The summed E-state index contributed by atoms with van der Waals surface area (Å²) in [5.41, 5.74) is 1.18. The number of nitrogens with one attached hydrogen (secondary N) is 1. The molecule has 6 nitrogen and oxygen atoms in total. The minimum absolute atomic E-state index is 0.0578. The normalized spacial score (nSPS) is 14.9. The largest absolute Gasteiger partial charge is 0.497 e. The van der Waals surface area contributed by atoms with Crippen molar-refractivity contribution in [2.45, 2.75) is 19.3 Å². The molecule has 0 atom stereocenters. The average Bonchev–Trinajstić information content (AvgIpc) is 2.69. The summed E-state index contributed by atoms with van der Waals surface area (Å²) in [4.78, 5) is 14.5. The van der Waals surface area contributed by atoms with Gasteiger partial charge in [-0.1, -0.05) is 23.7 Å². The van der Waals surface area contributed by atoms with Gasteiger partial charge in [-0.15, -0.1) is 10.2 Å². The van der Waals surface area contributed by atoms with Gasteiger partial charge in [0.1, 0.15) is 5.75 Å². The molecule has 0 unspecified atom stereocenters. The van der Waals surface area contributed by atoms with Crippen molar-refractivity contribution in [2.24, 2.45) is 5.92 Å². The third kappa shape index (κ3) is 4.85. The number of piperidine rings is 1. The van der Waals surface area contributed by atoms with Gasteiger partial charge in [0.25, 0.3) is 0 Å². The lowest BCUT2D eigenvalue weighted by atomic mass is 9.96. The molecule has 1 aliphatic rings. The fourth-order valence-electron chi connectivity index (χ4n) is 3.11. The minimum atomic E-state index is 0.0578. The van der Waals surface area contributed by atoms with E-state index >= 15 is 0 Å². The highest BCUT2D eigenvalue weighted by Gasteiger charge is 2.25. The third-order valence-corrected chi connectivity index (χ3v) is 4.88. The Morgan fingerprint density at radius 3 is 2.54 bits per heavy atom. The summed E-state index contributed by atoms with van der Waals surface area (Å²) < 4.78 is 5.15. The molecule has 0 bridgehead atoms. The summed E-state index contributed by atoms with van der Waals surface area (Å²) in [5, 5.41) is 11.4. The zero-order valence-corrected chi connectivity index (χ0v) is 15.6. The van der Waals surface area contributed by atoms with Gasteiger partial charge >= 0.3 is 0 Å². The number of carbonyl (C=O) groups excluding carboxylic acids is 1. The van der Waals surface area contributed by atoms with Crippen LogP contribution in [0.1, 0.15) is 18.4 Å². The van der Waals surface area contributed by atoms with Gasteiger partial charge in [0.2, 0.25) is 5.91 Å². The first-order valence-electron chi connectivity index (χ1n) is 8.80. The summed E-state index contributed by atoms with van der Waals surface area (Å²) in [6.07, 6.45) is 2.45. The number of methoxy groups -OCH3 is 1. The fourth-order valence-corrected chi connectivity index (χ4v) is 3.22. The molecule has 0 saturated carbocycles. The maximum absolute atomic E-state index is 12.4. The van der Waals surface area contributed by atoms with Crippen LogP contribution in [0.15, 0.2) is 36.4 Å². The zero-order chi connectivity index (χ0) is 18.4. The number of hydrogen-bond donors (Lipinski definition) is 1. The van der Waals surface area contributed by atoms with E-state index in [4.69, 9.17) is 16.3 Å². The fraction of sp³-hybridized carbons (Fsp3) is 0.421. The highest BCUT2D eigenvalue weighted by atomic mass is 35.5. The second kappa shape index (κ2) is 8.85. The lowest BCUT2D eigenvalue weighted by Crippen LogP contribution is -2.41. The molecule has 0 radical (unpaired) electrons. The van der Waals surface area contributed by atoms with Gasteiger partial charge in [0.05, 0.1) is 7.11 Å². The van der Waals surface area contributed by atoms with E-state index in [0.29, 0.717) is 11.7 Å². The lowest BCUT2D eigenvalue weighted by Gasteiger charge is -2.31. The number of halogens is 1. The van der Waals surface area contributed by atoms with Crippen molar-refractivity contribution in [3.8, 4) is 5.75 Å². The summed E-state index contributed by atoms with van der Waals surface area (Å²) >= 11 is 5.77. The second-order valence-corrected chi connectivity index (χ2v) is 6.75. The second-order valence-electron chi connectivity index (χ2n) is 6.36. The Kier molecular flexibility index (Phi) is 6.28. The first-order chi connectivity index (χ1) is 12.7. The van der Waals surface area contributed by atoms with Crippen LogP contribution in [0.3, 0.4) is 0 Å². The predicted octanol–water partition coefficient (Wildman–Crippen LogP) is 2.71. The zero-order valence-electron chi connectivity index (χ0n) is 14.8. The van der Waals surface area contributed by atoms with Gasteiger partial charge in [-0.25, -0.2) is 0 Å². The van der Waals surface area contributed by atoms with E-state index in [2.05, 4.69) is 20.4 Å². The van der Waals surface area contributed by atoms with Gasteiger partial charge in [-0.05, 0) is 49.1 Å². The molecule has 7 heteroatoms. The number of hydrogen-bond acceptors (Lipinski definition) is 5. The van der Waals surface area contributed by atoms with Crippen molar-refractivity contribution in [2.75, 3.05) is 31.6 Å². The number of aromatic nitrogens is 2. The van der Waals surface area contributed by atoms with Crippen molar-refractivity contribution in [3.05, 3.63) is 47.1 Å². The Morgan fingerprint density at radius 2 is 1.92 bits per heavy atom. The molecule has 2 heterocycles. The molecule has 1 saturated heterocycles. The van der Waals surface area contributed by atoms with Crippen LogP contribution in [-0.4, -0.2) is 42.8 Å². The number of ether oxygens (including phenoxy) is 1. The first kappa shape index (κ1) is 18.5. The Labute approximate surface area is 158 Å². The molecular weight excluding hydrogens is 352 g/mol. The smallest absolute Gasteiger partial charge is 0.223 e. The molecule has 2 aromatic rings. The van der Waals surface area contributed by atoms with E-state index in [1.807, 2.05) is 30.3 Å². The number of amides is 1. The maximum atomic E-state index is 12.4. The number of carbonyl (C=O) groups is 1. The van der Waals surface area contributed by atoms with Crippen LogP contribution >= 0.6 is 11.6 Å². The van der Waals surface area contributed by atoms with Crippen molar-refractivity contribution < 1.29 is 9.53 Å². The quantitative estimate of drug-likeness (QED) is 0.842. The lowest BCUT2D eigenvalue weighted by molar-refractivity contribution is -0.125. The summed E-state index contributed by atoms with van der Waals surface area (Å²) in [6.45, 7) is 2.24. The molecule has 1 amide bonds. The number of benzene rings is 1. The van der Waals surface area contributed by atoms with E-state index in [1.165, 1.54) is 5.56 Å². The number of anilines is 1. The molecule has 1 aliphatic heterocycles. The van der Waals surface area contributed by atoms with Gasteiger partial charge in [-0.3, -0.25) is 4.79 Å². The maximum Gasteiger partial charge on any atom is 0.223 e. The standard InChI is InChI=1S/C19H23ClN4O2/c1-26-16-4-2-14(3-5-16)8-11-21-19(25)15-9-12-24(13-10-15)18-7-6-17(20)22-23-18/h2-7,15H,8-13H2,1H3,(H,21,25). The molecule has 1 aromatic carbocycles. The predicted molar refractivity (Wildman–Crippen MR) is 102 cm³/mol. The molecule has 1 N–H and O–H groups in total. The van der Waals surface area contributed by atoms with Gasteiger partial charge < -0.3 is 15.0 Å². The number of nitrogens with zero attached hydrogens (tertiary/aromatic N) is 3. The van der Waals surface area contributed by atoms with Crippen LogP contribution < -0.4 is 15.0 Å². The van der Waals surface area contributed by atoms with Crippen molar-refractivity contribution in [1.82, 2.24) is 15.5 Å². The molecule has 1 aromatic heterocycles. The topological polar surface area (TPSA) is 67.3 Å². The van der Waals surface area contributed by atoms with E-state index in [1.54, 1.807) is 13.2 Å². The highest BCUT2D eigenvalue weighted by Crippen LogP contribution is 2.22. The molecule has 1 fully saturated rings. The van der Waals surface area contributed by atoms with E-state index < -0.39 is 0 Å². The number of rotatable bonds is 6. The molecule has 0 aliphatic carbocycles. The Hall–Kier alpha value is -2.34. The van der Waals surface area contributed by atoms with Gasteiger partial charge in [-0.2, -0.15) is 0 Å². The van der Waals surface area contributed by atoms with E-state index in [-0.39, 0.29) is 11.8 Å². The summed E-state index contributed by atoms with van der Waals surface area (Å²) in [5.74, 6) is 1.85. The van der Waals surface area contributed by atoms with Crippen molar-refractivity contribution >= 4 is 23.3 Å². The molecule has 138 valence electrons. The summed E-state index contributed by atoms with van der Waals surface area (Å²) in [7, 11) is 1.65. The van der Waals surface area contributed by atoms with Crippen LogP contribution in [0.5, 0.6) is 5.75 Å². The van der Waals surface area contributed by atoms with E-state index in [9.17, 15) is 4.79 Å². The van der Waals surface area contributed by atoms with Gasteiger partial charge in [0.15, 0.2) is 11.0 Å². The monoisotopic (exact) mass is 374 g/mol. The molecule has 26 heavy (non-hydrogen) atoms. The van der Waals surface area contributed by atoms with E-state index in [0.717, 1.165) is 43.9 Å². The van der Waals surface area contributed by atoms with Crippen LogP contribution in [0.4, 0.5) is 5.82 Å². The Balaban J connectivity index is 1.41. The Morgan fingerprint density at radius 1 is 1.19 bits per heavy atom. The molecule has 3 rings (SSSR count). The van der Waals surface area contributed by atoms with Crippen molar-refractivity contribution in [1.29, 1.82) is 0 Å². The van der Waals surface area contributed by atoms with Crippen LogP contribution in [0.25, 0.3) is 0 Å². The Bertz CT molecular complexity index is 713. The van der Waals surface area contributed by atoms with Gasteiger partial charge in [0, 0.05) is 25.6 Å². The van der Waals surface area contributed by atoms with Crippen LogP contribution in [0, 0.1) is 5.92 Å². The van der Waals surface area contributed by atoms with Crippen molar-refractivity contribution in [3.63, 3.8) is 0 Å². The molecule has 0 spiro atoms. The SMILES string of the molecule is COc1ccc(CCNC(=O)C2CCN(c3ccc(Cl)nn3)CC2)cc1. The van der Waals surface area contributed by atoms with Crippen LogP contribution in [-0.2, 0) is 11.2 Å². The third-order valence-electron chi connectivity index (χ3n) is 4.68. The molecular formula is C19H23ClN4O2. The summed E-state index contributed by atoms with van der Waals surface area (Å²) in [6, 6.07) is 11.5. The van der Waals surface area contributed by atoms with Crippen LogP contribution in [0.2, 0.25) is 5.15 Å².